The number of hydrogen-bond donors (Lipinski definition) is 1. The number of aryl methyl sites for hydroxylation is 1. The average Bonchev–Trinajstić information content (AvgIpc) is 2.90. The van der Waals surface area contributed by atoms with Crippen LogP contribution in [0.5, 0.6) is 0 Å². The standard InChI is InChI=1S/C11H10N4OS/c1-7-2-3-8-9(4-7)15(11(17)13-8)5-10-12-6-16-14-10/h2-4,6H,5H2,1H3,(H,13,17). The number of H-pyrrole nitrogens is 1. The predicted octanol–water partition coefficient (Wildman–Crippen LogP) is 2.44. The van der Waals surface area contributed by atoms with Gasteiger partial charge < -0.3 is 14.1 Å². The Morgan fingerprint density at radius 1 is 1.47 bits per heavy atom. The fraction of sp³-hybridized carbons (Fsp3) is 0.182. The first-order valence-corrected chi connectivity index (χ1v) is 5.59. The zero-order valence-electron chi connectivity index (χ0n) is 9.17. The second-order valence-corrected chi connectivity index (χ2v) is 4.27. The number of nitrogens with one attached hydrogen (secondary N) is 1. The van der Waals surface area contributed by atoms with E-state index in [0.29, 0.717) is 17.1 Å². The molecule has 1 N–H and O–H groups in total. The Hall–Kier alpha value is -1.95. The highest BCUT2D eigenvalue weighted by Crippen LogP contribution is 2.16. The van der Waals surface area contributed by atoms with Crippen molar-refractivity contribution in [3.63, 3.8) is 0 Å². The quantitative estimate of drug-likeness (QED) is 0.705. The summed E-state index contributed by atoms with van der Waals surface area (Å²) in [4.78, 5) is 7.16. The lowest BCUT2D eigenvalue weighted by molar-refractivity contribution is 0.408. The highest BCUT2D eigenvalue weighted by molar-refractivity contribution is 7.71. The number of aromatic nitrogens is 4. The fourth-order valence-corrected chi connectivity index (χ4v) is 2.10. The molecule has 2 aromatic heterocycles. The third kappa shape index (κ3) is 1.76. The number of rotatable bonds is 2. The minimum atomic E-state index is 0.513. The highest BCUT2D eigenvalue weighted by Gasteiger charge is 2.07. The van der Waals surface area contributed by atoms with Crippen LogP contribution in [0.4, 0.5) is 0 Å². The molecule has 0 amide bonds. The zero-order chi connectivity index (χ0) is 11.8. The molecule has 0 atom stereocenters. The van der Waals surface area contributed by atoms with Gasteiger partial charge in [-0.2, -0.15) is 4.98 Å². The van der Waals surface area contributed by atoms with Gasteiger partial charge in [-0.05, 0) is 36.8 Å². The Kier molecular flexibility index (Phi) is 2.29. The summed E-state index contributed by atoms with van der Waals surface area (Å²) in [5, 5.41) is 3.79. The molecule has 0 saturated carbocycles. The molecule has 3 rings (SSSR count). The number of nitrogens with zero attached hydrogens (tertiary/aromatic N) is 3. The molecule has 86 valence electrons. The van der Waals surface area contributed by atoms with E-state index in [1.54, 1.807) is 0 Å². The van der Waals surface area contributed by atoms with Crippen molar-refractivity contribution in [3.8, 4) is 0 Å². The first kappa shape index (κ1) is 10.2. The Labute approximate surface area is 102 Å². The van der Waals surface area contributed by atoms with Crippen LogP contribution < -0.4 is 0 Å². The van der Waals surface area contributed by atoms with Gasteiger partial charge in [0.25, 0.3) is 0 Å². The van der Waals surface area contributed by atoms with Gasteiger partial charge in [0, 0.05) is 0 Å². The minimum absolute atomic E-state index is 0.513. The van der Waals surface area contributed by atoms with E-state index in [1.165, 1.54) is 12.0 Å². The number of benzene rings is 1. The van der Waals surface area contributed by atoms with E-state index in [-0.39, 0.29) is 0 Å². The topological polar surface area (TPSA) is 59.6 Å². The fourth-order valence-electron chi connectivity index (χ4n) is 1.82. The van der Waals surface area contributed by atoms with Crippen molar-refractivity contribution in [1.29, 1.82) is 0 Å². The molecule has 0 aliphatic heterocycles. The second kappa shape index (κ2) is 3.81. The lowest BCUT2D eigenvalue weighted by Gasteiger charge is -2.00. The van der Waals surface area contributed by atoms with Crippen LogP contribution in [0.15, 0.2) is 29.1 Å². The number of fused-ring (bicyclic) bond motifs is 1. The highest BCUT2D eigenvalue weighted by atomic mass is 32.1. The minimum Gasteiger partial charge on any atom is -0.343 e. The molecule has 0 bridgehead atoms. The van der Waals surface area contributed by atoms with Crippen molar-refractivity contribution < 1.29 is 4.52 Å². The van der Waals surface area contributed by atoms with E-state index < -0.39 is 0 Å². The number of imidazole rings is 1. The normalized spacial score (nSPS) is 11.1. The van der Waals surface area contributed by atoms with E-state index in [4.69, 9.17) is 16.7 Å². The van der Waals surface area contributed by atoms with Crippen molar-refractivity contribution in [2.24, 2.45) is 0 Å². The molecule has 0 spiro atoms. The summed E-state index contributed by atoms with van der Waals surface area (Å²) in [5.41, 5.74) is 3.26. The van der Waals surface area contributed by atoms with Crippen molar-refractivity contribution in [1.82, 2.24) is 19.7 Å². The molecule has 0 aliphatic carbocycles. The van der Waals surface area contributed by atoms with Crippen LogP contribution in [0.1, 0.15) is 11.4 Å². The first-order chi connectivity index (χ1) is 8.24. The molecule has 0 aliphatic rings. The summed E-state index contributed by atoms with van der Waals surface area (Å²) in [7, 11) is 0. The van der Waals surface area contributed by atoms with E-state index in [0.717, 1.165) is 11.0 Å². The van der Waals surface area contributed by atoms with Crippen molar-refractivity contribution >= 4 is 23.3 Å². The van der Waals surface area contributed by atoms with Gasteiger partial charge >= 0.3 is 0 Å². The Balaban J connectivity index is 2.17. The molecule has 0 fully saturated rings. The van der Waals surface area contributed by atoms with Gasteiger partial charge in [0.15, 0.2) is 10.6 Å². The van der Waals surface area contributed by atoms with E-state index >= 15 is 0 Å². The zero-order valence-corrected chi connectivity index (χ0v) is 9.99. The average molecular weight is 246 g/mol. The van der Waals surface area contributed by atoms with Gasteiger partial charge in [-0.1, -0.05) is 11.2 Å². The molecule has 0 radical (unpaired) electrons. The lowest BCUT2D eigenvalue weighted by Crippen LogP contribution is -2.01. The summed E-state index contributed by atoms with van der Waals surface area (Å²) in [6.45, 7) is 2.56. The monoisotopic (exact) mass is 246 g/mol. The van der Waals surface area contributed by atoms with Gasteiger partial charge in [-0.3, -0.25) is 0 Å². The summed E-state index contributed by atoms with van der Waals surface area (Å²) in [6.07, 6.45) is 1.32. The maximum absolute atomic E-state index is 5.29. The number of hydrogen-bond acceptors (Lipinski definition) is 4. The van der Waals surface area contributed by atoms with E-state index in [1.807, 2.05) is 23.6 Å². The van der Waals surface area contributed by atoms with Crippen LogP contribution in [0, 0.1) is 11.7 Å². The second-order valence-electron chi connectivity index (χ2n) is 3.88. The Bertz CT molecular complexity index is 711. The molecule has 1 aromatic carbocycles. The van der Waals surface area contributed by atoms with Crippen molar-refractivity contribution in [2.45, 2.75) is 13.5 Å². The SMILES string of the molecule is Cc1ccc2[nH]c(=S)n(Cc3ncon3)c2c1. The smallest absolute Gasteiger partial charge is 0.213 e. The van der Waals surface area contributed by atoms with Gasteiger partial charge in [0.1, 0.15) is 0 Å². The van der Waals surface area contributed by atoms with Crippen LogP contribution in [0.25, 0.3) is 11.0 Å². The lowest BCUT2D eigenvalue weighted by atomic mass is 10.2. The summed E-state index contributed by atoms with van der Waals surface area (Å²) in [6, 6.07) is 6.15. The third-order valence-electron chi connectivity index (χ3n) is 2.64. The predicted molar refractivity (Wildman–Crippen MR) is 65.3 cm³/mol. The Morgan fingerprint density at radius 3 is 3.12 bits per heavy atom. The molecule has 3 aromatic rings. The molecule has 0 unspecified atom stereocenters. The van der Waals surface area contributed by atoms with E-state index in [9.17, 15) is 0 Å². The van der Waals surface area contributed by atoms with Gasteiger partial charge in [-0.15, -0.1) is 0 Å². The Morgan fingerprint density at radius 2 is 2.35 bits per heavy atom. The molecule has 17 heavy (non-hydrogen) atoms. The molecule has 2 heterocycles. The summed E-state index contributed by atoms with van der Waals surface area (Å²) >= 11 is 5.29. The maximum atomic E-state index is 5.29. The largest absolute Gasteiger partial charge is 0.343 e. The van der Waals surface area contributed by atoms with Crippen molar-refractivity contribution in [2.75, 3.05) is 0 Å². The molecule has 5 nitrogen and oxygen atoms in total. The van der Waals surface area contributed by atoms with Gasteiger partial charge in [0.05, 0.1) is 17.6 Å². The van der Waals surface area contributed by atoms with Crippen molar-refractivity contribution in [3.05, 3.63) is 40.8 Å². The van der Waals surface area contributed by atoms with E-state index in [2.05, 4.69) is 21.2 Å². The van der Waals surface area contributed by atoms with Gasteiger partial charge in [0.2, 0.25) is 6.39 Å². The first-order valence-electron chi connectivity index (χ1n) is 5.18. The number of aromatic amines is 1. The maximum Gasteiger partial charge on any atom is 0.213 e. The van der Waals surface area contributed by atoms with Crippen LogP contribution >= 0.6 is 12.2 Å². The van der Waals surface area contributed by atoms with Crippen LogP contribution in [0.2, 0.25) is 0 Å². The summed E-state index contributed by atoms with van der Waals surface area (Å²) in [5.74, 6) is 0.614. The van der Waals surface area contributed by atoms with Crippen LogP contribution in [-0.4, -0.2) is 19.7 Å². The summed E-state index contributed by atoms with van der Waals surface area (Å²) < 4.78 is 7.34. The van der Waals surface area contributed by atoms with Gasteiger partial charge in [-0.25, -0.2) is 0 Å². The third-order valence-corrected chi connectivity index (χ3v) is 2.96. The molecular formula is C11H10N4OS. The molecule has 0 saturated heterocycles. The molecular weight excluding hydrogens is 236 g/mol. The molecule has 6 heteroatoms. The van der Waals surface area contributed by atoms with Crippen LogP contribution in [-0.2, 0) is 6.54 Å². The van der Waals surface area contributed by atoms with Crippen LogP contribution in [0.3, 0.4) is 0 Å².